The first-order valence-corrected chi connectivity index (χ1v) is 5.78. The molecule has 1 rings (SSSR count). The fraction of sp³-hybridized carbons (Fsp3) is 0.444. The van der Waals surface area contributed by atoms with Gasteiger partial charge in [0.05, 0.1) is 0 Å². The van der Waals surface area contributed by atoms with Gasteiger partial charge in [0.15, 0.2) is 11.4 Å². The van der Waals surface area contributed by atoms with E-state index in [1.54, 1.807) is 0 Å². The first-order chi connectivity index (χ1) is 8.97. The molecule has 0 aromatic carbocycles. The molecule has 0 aliphatic carbocycles. The molecule has 1 aromatic rings. The van der Waals surface area contributed by atoms with Gasteiger partial charge in [-0.15, -0.1) is 13.2 Å². The van der Waals surface area contributed by atoms with E-state index in [2.05, 4.69) is 25.7 Å². The van der Waals surface area contributed by atoms with Crippen LogP contribution in [0.2, 0.25) is 0 Å². The third-order valence-electron chi connectivity index (χ3n) is 2.03. The topological polar surface area (TPSA) is 22.1 Å². The van der Waals surface area contributed by atoms with Crippen LogP contribution < -0.4 is 4.74 Å². The summed E-state index contributed by atoms with van der Waals surface area (Å²) in [5.74, 6) is -1.78. The highest BCUT2D eigenvalue weighted by Crippen LogP contribution is 2.42. The predicted molar refractivity (Wildman–Crippen MR) is 53.5 cm³/mol. The minimum Gasteiger partial charge on any atom is -0.403 e. The number of halogens is 9. The van der Waals surface area contributed by atoms with Crippen molar-refractivity contribution in [3.63, 3.8) is 0 Å². The molecular formula is C9H4BrF8NO. The van der Waals surface area contributed by atoms with E-state index in [9.17, 15) is 35.1 Å². The van der Waals surface area contributed by atoms with Crippen LogP contribution in [0.4, 0.5) is 35.1 Å². The molecule has 0 aliphatic heterocycles. The van der Waals surface area contributed by atoms with Crippen molar-refractivity contribution in [1.82, 2.24) is 4.98 Å². The molecule has 20 heavy (non-hydrogen) atoms. The van der Waals surface area contributed by atoms with Gasteiger partial charge in [0.25, 0.3) is 6.43 Å². The van der Waals surface area contributed by atoms with Gasteiger partial charge in [-0.05, 0) is 0 Å². The predicted octanol–water partition coefficient (Wildman–Crippen LogP) is 4.83. The Kier molecular flexibility index (Phi) is 4.82. The van der Waals surface area contributed by atoms with Crippen molar-refractivity contribution in [3.8, 4) is 5.75 Å². The van der Waals surface area contributed by atoms with E-state index in [0.717, 1.165) is 0 Å². The fourth-order valence-corrected chi connectivity index (χ4v) is 1.88. The van der Waals surface area contributed by atoms with Gasteiger partial charge in [0, 0.05) is 22.7 Å². The Bertz CT molecular complexity index is 484. The number of pyridine rings is 1. The van der Waals surface area contributed by atoms with Crippen molar-refractivity contribution >= 4 is 15.9 Å². The molecule has 0 aliphatic rings. The van der Waals surface area contributed by atoms with Crippen molar-refractivity contribution in [3.05, 3.63) is 23.0 Å². The third-order valence-corrected chi connectivity index (χ3v) is 2.59. The Hall–Kier alpha value is -1.13. The van der Waals surface area contributed by atoms with Crippen LogP contribution in [-0.2, 0) is 11.5 Å². The average molecular weight is 374 g/mol. The van der Waals surface area contributed by atoms with Crippen molar-refractivity contribution in [1.29, 1.82) is 0 Å². The summed E-state index contributed by atoms with van der Waals surface area (Å²) in [7, 11) is 0. The second kappa shape index (κ2) is 5.70. The molecular weight excluding hydrogens is 370 g/mol. The van der Waals surface area contributed by atoms with Gasteiger partial charge in [-0.1, -0.05) is 15.9 Å². The highest BCUT2D eigenvalue weighted by Gasteiger charge is 2.43. The third kappa shape index (κ3) is 3.93. The summed E-state index contributed by atoms with van der Waals surface area (Å²) in [6.45, 7) is 0. The number of ether oxygens (including phenoxy) is 1. The monoisotopic (exact) mass is 373 g/mol. The van der Waals surface area contributed by atoms with E-state index < -0.39 is 46.9 Å². The maximum absolute atomic E-state index is 12.6. The number of hydrogen-bond donors (Lipinski definition) is 0. The van der Waals surface area contributed by atoms with E-state index in [-0.39, 0.29) is 6.20 Å². The summed E-state index contributed by atoms with van der Waals surface area (Å²) in [6, 6.07) is 0. The standard InChI is InChI=1S/C9H4BrF8NO/c10-1-3-4(7(11)12)2-19-6(8(13,14)15)5(3)20-9(16,17)18/h2,7H,1H2. The van der Waals surface area contributed by atoms with Crippen LogP contribution in [0.1, 0.15) is 23.2 Å². The summed E-state index contributed by atoms with van der Waals surface area (Å²) in [5.41, 5.74) is -4.05. The molecule has 2 nitrogen and oxygen atoms in total. The number of alkyl halides is 9. The Morgan fingerprint density at radius 2 is 1.70 bits per heavy atom. The first kappa shape index (κ1) is 16.9. The molecule has 0 spiro atoms. The molecule has 0 bridgehead atoms. The van der Waals surface area contributed by atoms with E-state index in [4.69, 9.17) is 0 Å². The van der Waals surface area contributed by atoms with Gasteiger partial charge in [-0.2, -0.15) is 13.2 Å². The quantitative estimate of drug-likeness (QED) is 0.559. The molecule has 0 N–H and O–H groups in total. The smallest absolute Gasteiger partial charge is 0.403 e. The molecule has 0 unspecified atom stereocenters. The maximum Gasteiger partial charge on any atom is 0.573 e. The number of nitrogens with zero attached hydrogens (tertiary/aromatic N) is 1. The molecule has 0 amide bonds. The summed E-state index contributed by atoms with van der Waals surface area (Å²) >= 11 is 2.56. The zero-order chi connectivity index (χ0) is 15.7. The molecule has 0 saturated carbocycles. The second-order valence-electron chi connectivity index (χ2n) is 3.35. The molecule has 0 fully saturated rings. The Morgan fingerprint density at radius 1 is 1.15 bits per heavy atom. The van der Waals surface area contributed by atoms with E-state index in [0.29, 0.717) is 0 Å². The highest BCUT2D eigenvalue weighted by molar-refractivity contribution is 9.08. The van der Waals surface area contributed by atoms with Gasteiger partial charge in [-0.25, -0.2) is 13.8 Å². The van der Waals surface area contributed by atoms with Crippen LogP contribution in [0, 0.1) is 0 Å². The lowest BCUT2D eigenvalue weighted by molar-refractivity contribution is -0.276. The zero-order valence-corrected chi connectivity index (χ0v) is 10.7. The zero-order valence-electron chi connectivity index (χ0n) is 9.12. The van der Waals surface area contributed by atoms with Gasteiger partial charge in [-0.3, -0.25) is 0 Å². The fourth-order valence-electron chi connectivity index (χ4n) is 1.30. The van der Waals surface area contributed by atoms with Crippen molar-refractivity contribution in [2.45, 2.75) is 24.3 Å². The number of rotatable bonds is 3. The molecule has 1 aromatic heterocycles. The summed E-state index contributed by atoms with van der Waals surface area (Å²) in [5, 5.41) is -0.691. The number of aromatic nitrogens is 1. The van der Waals surface area contributed by atoms with Gasteiger partial charge in [0.1, 0.15) is 0 Å². The first-order valence-electron chi connectivity index (χ1n) is 4.66. The maximum atomic E-state index is 12.6. The molecule has 0 atom stereocenters. The van der Waals surface area contributed by atoms with Crippen LogP contribution in [0.15, 0.2) is 6.20 Å². The molecule has 0 saturated heterocycles. The molecule has 0 radical (unpaired) electrons. The minimum absolute atomic E-state index is 0.174. The summed E-state index contributed by atoms with van der Waals surface area (Å²) in [4.78, 5) is 2.61. The SMILES string of the molecule is FC(F)c1cnc(C(F)(F)F)c(OC(F)(F)F)c1CBr. The van der Waals surface area contributed by atoms with Crippen molar-refractivity contribution < 1.29 is 39.9 Å². The molecule has 11 heteroatoms. The Labute approximate surface area is 114 Å². The van der Waals surface area contributed by atoms with E-state index in [1.807, 2.05) is 0 Å². The van der Waals surface area contributed by atoms with Crippen LogP contribution in [-0.4, -0.2) is 11.3 Å². The normalized spacial score (nSPS) is 12.9. The van der Waals surface area contributed by atoms with Crippen molar-refractivity contribution in [2.75, 3.05) is 0 Å². The lowest BCUT2D eigenvalue weighted by Crippen LogP contribution is -2.23. The van der Waals surface area contributed by atoms with E-state index in [1.165, 1.54) is 0 Å². The van der Waals surface area contributed by atoms with Crippen LogP contribution in [0.3, 0.4) is 0 Å². The highest BCUT2D eigenvalue weighted by atomic mass is 79.9. The van der Waals surface area contributed by atoms with Crippen LogP contribution in [0.5, 0.6) is 5.75 Å². The summed E-state index contributed by atoms with van der Waals surface area (Å²) in [6.07, 6.45) is -13.9. The Morgan fingerprint density at radius 3 is 2.05 bits per heavy atom. The lowest BCUT2D eigenvalue weighted by Gasteiger charge is -2.19. The summed E-state index contributed by atoms with van der Waals surface area (Å²) < 4.78 is 102. The van der Waals surface area contributed by atoms with Gasteiger partial charge >= 0.3 is 12.5 Å². The lowest BCUT2D eigenvalue weighted by atomic mass is 10.1. The molecule has 1 heterocycles. The Balaban J connectivity index is 3.56. The van der Waals surface area contributed by atoms with Crippen molar-refractivity contribution in [2.24, 2.45) is 0 Å². The van der Waals surface area contributed by atoms with Crippen LogP contribution in [0.25, 0.3) is 0 Å². The molecule has 114 valence electrons. The number of hydrogen-bond acceptors (Lipinski definition) is 2. The van der Waals surface area contributed by atoms with Gasteiger partial charge in [0.2, 0.25) is 0 Å². The van der Waals surface area contributed by atoms with Crippen LogP contribution >= 0.6 is 15.9 Å². The largest absolute Gasteiger partial charge is 0.573 e. The second-order valence-corrected chi connectivity index (χ2v) is 3.91. The van der Waals surface area contributed by atoms with E-state index >= 15 is 0 Å². The van der Waals surface area contributed by atoms with Gasteiger partial charge < -0.3 is 4.74 Å². The minimum atomic E-state index is -5.47. The average Bonchev–Trinajstić information content (AvgIpc) is 2.24.